The maximum Gasteiger partial charge on any atom is 0.311 e. The highest BCUT2D eigenvalue weighted by atomic mass is 79.9. The molecule has 0 aliphatic carbocycles. The Balaban J connectivity index is 0.000000391. The average molecular weight is 643 g/mol. The highest BCUT2D eigenvalue weighted by Crippen LogP contribution is 2.35. The van der Waals surface area contributed by atoms with Crippen molar-refractivity contribution >= 4 is 57.1 Å². The van der Waals surface area contributed by atoms with Gasteiger partial charge < -0.3 is 9.47 Å². The van der Waals surface area contributed by atoms with Crippen LogP contribution in [0.3, 0.4) is 0 Å². The van der Waals surface area contributed by atoms with Gasteiger partial charge in [0, 0.05) is 14.9 Å². The molecule has 39 heavy (non-hydrogen) atoms. The first-order chi connectivity index (χ1) is 18.4. The topological polar surface area (TPSA) is 52.6 Å². The van der Waals surface area contributed by atoms with E-state index in [4.69, 9.17) is 32.7 Å². The van der Waals surface area contributed by atoms with Crippen LogP contribution in [0.2, 0.25) is 10.0 Å². The third-order valence-corrected chi connectivity index (χ3v) is 7.94. The molecule has 0 heterocycles. The van der Waals surface area contributed by atoms with Gasteiger partial charge in [0.15, 0.2) is 0 Å². The summed E-state index contributed by atoms with van der Waals surface area (Å²) in [5, 5.41) is 1.52. The molecule has 7 heteroatoms. The van der Waals surface area contributed by atoms with Gasteiger partial charge >= 0.3 is 11.9 Å². The fourth-order valence-corrected chi connectivity index (χ4v) is 5.05. The number of rotatable bonds is 13. The van der Waals surface area contributed by atoms with Crippen LogP contribution in [0.5, 0.6) is 0 Å². The zero-order valence-corrected chi connectivity index (χ0v) is 27.2. The SMILES string of the molecule is CCOC(=O)C(C)(C)CC/C=C/c1ccccc1Cl.CCOC(=O)C(C)(C)CCCC(Br)c1ccccc1Cl. The normalized spacial score (nSPS) is 12.4. The third kappa shape index (κ3) is 12.9. The summed E-state index contributed by atoms with van der Waals surface area (Å²) in [6, 6.07) is 15.5. The van der Waals surface area contributed by atoms with Crippen molar-refractivity contribution < 1.29 is 19.1 Å². The van der Waals surface area contributed by atoms with E-state index in [2.05, 4.69) is 15.9 Å². The third-order valence-electron chi connectivity index (χ3n) is 6.30. The first-order valence-corrected chi connectivity index (χ1v) is 15.2. The summed E-state index contributed by atoms with van der Waals surface area (Å²) in [7, 11) is 0. The minimum absolute atomic E-state index is 0.121. The maximum atomic E-state index is 11.8. The first-order valence-electron chi connectivity index (χ1n) is 13.5. The number of carbonyl (C=O) groups is 2. The second-order valence-electron chi connectivity index (χ2n) is 10.6. The van der Waals surface area contributed by atoms with E-state index in [1.165, 1.54) is 0 Å². The molecule has 1 unspecified atom stereocenters. The van der Waals surface area contributed by atoms with Gasteiger partial charge in [0.25, 0.3) is 0 Å². The molecule has 0 bridgehead atoms. The van der Waals surface area contributed by atoms with Crippen LogP contribution in [0.25, 0.3) is 6.08 Å². The van der Waals surface area contributed by atoms with E-state index in [0.717, 1.165) is 53.3 Å². The average Bonchev–Trinajstić information content (AvgIpc) is 2.88. The van der Waals surface area contributed by atoms with Crippen LogP contribution in [0, 0.1) is 10.8 Å². The smallest absolute Gasteiger partial charge is 0.311 e. The largest absolute Gasteiger partial charge is 0.466 e. The lowest BCUT2D eigenvalue weighted by Crippen LogP contribution is -2.26. The molecule has 0 fully saturated rings. The second-order valence-corrected chi connectivity index (χ2v) is 12.5. The standard InChI is InChI=1S/C16H22BrClO2.C16H21ClO2/c1-4-20-15(19)16(2,3)11-7-9-13(17)12-8-5-6-10-14(12)18;1-4-19-15(18)16(2,3)12-8-7-10-13-9-5-6-11-14(13)17/h5-6,8,10,13H,4,7,9,11H2,1-3H3;5-7,9-11H,4,8,12H2,1-3H3/b;10-7+. The minimum atomic E-state index is -0.444. The molecule has 0 saturated carbocycles. The molecule has 216 valence electrons. The van der Waals surface area contributed by atoms with E-state index in [1.807, 2.05) is 102 Å². The monoisotopic (exact) mass is 640 g/mol. The summed E-state index contributed by atoms with van der Waals surface area (Å²) >= 11 is 15.9. The van der Waals surface area contributed by atoms with Crippen LogP contribution in [0.4, 0.5) is 0 Å². The first kappa shape index (κ1) is 35.2. The van der Waals surface area contributed by atoms with Crippen molar-refractivity contribution in [3.8, 4) is 0 Å². The Morgan fingerprint density at radius 3 is 1.90 bits per heavy atom. The molecule has 0 aliphatic heterocycles. The van der Waals surface area contributed by atoms with E-state index >= 15 is 0 Å². The molecule has 0 aromatic heterocycles. The zero-order valence-electron chi connectivity index (χ0n) is 24.1. The fraction of sp³-hybridized carbons (Fsp3) is 0.500. The van der Waals surface area contributed by atoms with Gasteiger partial charge in [-0.05, 0) is 90.5 Å². The summed E-state index contributed by atoms with van der Waals surface area (Å²) in [4.78, 5) is 23.7. The predicted octanol–water partition coefficient (Wildman–Crippen LogP) is 10.3. The number of esters is 2. The quantitative estimate of drug-likeness (QED) is 0.161. The van der Waals surface area contributed by atoms with E-state index in [-0.39, 0.29) is 16.8 Å². The Morgan fingerprint density at radius 1 is 0.846 bits per heavy atom. The maximum absolute atomic E-state index is 11.8. The van der Waals surface area contributed by atoms with Gasteiger partial charge in [-0.2, -0.15) is 0 Å². The number of benzene rings is 2. The number of halogens is 3. The molecule has 0 spiro atoms. The van der Waals surface area contributed by atoms with E-state index in [9.17, 15) is 9.59 Å². The number of hydrogen-bond donors (Lipinski definition) is 0. The molecule has 0 aliphatic rings. The van der Waals surface area contributed by atoms with E-state index in [0.29, 0.717) is 13.2 Å². The highest BCUT2D eigenvalue weighted by molar-refractivity contribution is 9.09. The summed E-state index contributed by atoms with van der Waals surface area (Å²) in [6.45, 7) is 12.2. The Morgan fingerprint density at radius 2 is 1.36 bits per heavy atom. The van der Waals surface area contributed by atoms with Gasteiger partial charge in [0.2, 0.25) is 0 Å². The van der Waals surface area contributed by atoms with Crippen LogP contribution in [-0.2, 0) is 19.1 Å². The molecule has 0 N–H and O–H groups in total. The molecular formula is C32H43BrCl2O4. The molecule has 4 nitrogen and oxygen atoms in total. The lowest BCUT2D eigenvalue weighted by atomic mass is 9.86. The van der Waals surface area contributed by atoms with E-state index in [1.54, 1.807) is 0 Å². The number of carbonyl (C=O) groups excluding carboxylic acids is 2. The van der Waals surface area contributed by atoms with Gasteiger partial charge in [0.1, 0.15) is 0 Å². The molecule has 2 aromatic rings. The molecular weight excluding hydrogens is 599 g/mol. The number of ether oxygens (including phenoxy) is 2. The van der Waals surface area contributed by atoms with Crippen molar-refractivity contribution in [2.24, 2.45) is 10.8 Å². The predicted molar refractivity (Wildman–Crippen MR) is 168 cm³/mol. The Bertz CT molecular complexity index is 1070. The highest BCUT2D eigenvalue weighted by Gasteiger charge is 2.29. The molecule has 2 rings (SSSR count). The fourth-order valence-electron chi connectivity index (χ4n) is 3.73. The van der Waals surface area contributed by atoms with Crippen molar-refractivity contribution in [3.63, 3.8) is 0 Å². The molecule has 0 saturated heterocycles. The van der Waals surface area contributed by atoms with Crippen LogP contribution in [0.15, 0.2) is 54.6 Å². The summed E-state index contributed by atoms with van der Waals surface area (Å²) < 4.78 is 10.2. The molecule has 2 aromatic carbocycles. The minimum Gasteiger partial charge on any atom is -0.466 e. The number of hydrogen-bond acceptors (Lipinski definition) is 4. The van der Waals surface area contributed by atoms with Crippen LogP contribution >= 0.6 is 39.1 Å². The summed E-state index contributed by atoms with van der Waals surface area (Å²) in [5.74, 6) is -0.259. The van der Waals surface area contributed by atoms with Gasteiger partial charge in [0.05, 0.1) is 24.0 Å². The van der Waals surface area contributed by atoms with E-state index < -0.39 is 10.8 Å². The summed E-state index contributed by atoms with van der Waals surface area (Å²) in [5.41, 5.74) is 1.23. The van der Waals surface area contributed by atoms with Crippen LogP contribution < -0.4 is 0 Å². The van der Waals surface area contributed by atoms with Crippen molar-refractivity contribution in [1.82, 2.24) is 0 Å². The molecule has 0 radical (unpaired) electrons. The Hall–Kier alpha value is -1.82. The Kier molecular flexibility index (Phi) is 16.1. The Labute approximate surface area is 253 Å². The van der Waals surface area contributed by atoms with Gasteiger partial charge in [-0.3, -0.25) is 9.59 Å². The van der Waals surface area contributed by atoms with Crippen molar-refractivity contribution in [2.45, 2.75) is 78.5 Å². The van der Waals surface area contributed by atoms with Crippen molar-refractivity contribution in [3.05, 3.63) is 75.8 Å². The lowest BCUT2D eigenvalue weighted by Gasteiger charge is -2.22. The summed E-state index contributed by atoms with van der Waals surface area (Å²) in [6.07, 6.45) is 8.29. The molecule has 0 amide bonds. The van der Waals surface area contributed by atoms with Gasteiger partial charge in [-0.15, -0.1) is 0 Å². The van der Waals surface area contributed by atoms with Crippen molar-refractivity contribution in [2.75, 3.05) is 13.2 Å². The second kappa shape index (κ2) is 17.8. The van der Waals surface area contributed by atoms with Gasteiger partial charge in [-0.1, -0.05) is 94.1 Å². The van der Waals surface area contributed by atoms with Crippen LogP contribution in [-0.4, -0.2) is 25.2 Å². The lowest BCUT2D eigenvalue weighted by molar-refractivity contribution is -0.154. The zero-order chi connectivity index (χ0) is 29.5. The molecule has 1 atom stereocenters. The van der Waals surface area contributed by atoms with Gasteiger partial charge in [-0.25, -0.2) is 0 Å². The number of allylic oxidation sites excluding steroid dienone is 1. The number of alkyl halides is 1. The van der Waals surface area contributed by atoms with Crippen molar-refractivity contribution in [1.29, 1.82) is 0 Å². The van der Waals surface area contributed by atoms with Crippen LogP contribution in [0.1, 0.15) is 89.6 Å².